The van der Waals surface area contributed by atoms with Crippen LogP contribution in [0.1, 0.15) is 50.8 Å². The Hall–Kier alpha value is -2.36. The van der Waals surface area contributed by atoms with Crippen molar-refractivity contribution in [3.63, 3.8) is 0 Å². The van der Waals surface area contributed by atoms with Crippen LogP contribution in [0.2, 0.25) is 0 Å². The Balaban J connectivity index is 0.00000363. The number of rotatable bonds is 9. The van der Waals surface area contributed by atoms with Crippen LogP contribution in [0.3, 0.4) is 0 Å². The summed E-state index contributed by atoms with van der Waals surface area (Å²) in [4.78, 5) is 15.9. The summed E-state index contributed by atoms with van der Waals surface area (Å²) in [6, 6.07) is 12.5. The van der Waals surface area contributed by atoms with Gasteiger partial charge in [0.15, 0.2) is 17.5 Å². The van der Waals surface area contributed by atoms with Crippen LogP contribution in [0.4, 0.5) is 10.1 Å². The quantitative estimate of drug-likeness (QED) is 0.232. The summed E-state index contributed by atoms with van der Waals surface area (Å²) in [7, 11) is 0. The number of aliphatic imine (C=N–C) groups is 1. The van der Waals surface area contributed by atoms with Gasteiger partial charge in [0.25, 0.3) is 0 Å². The van der Waals surface area contributed by atoms with Gasteiger partial charge in [0.2, 0.25) is 5.91 Å². The fourth-order valence-corrected chi connectivity index (χ4v) is 3.13. The van der Waals surface area contributed by atoms with Crippen molar-refractivity contribution in [1.82, 2.24) is 10.6 Å². The number of halogens is 2. The van der Waals surface area contributed by atoms with Gasteiger partial charge in [-0.05, 0) is 68.0 Å². The number of nitrogens with one attached hydrogen (secondary N) is 3. The maximum Gasteiger partial charge on any atom is 0.221 e. The fraction of sp³-hybridized carbons (Fsp3) is 0.417. The van der Waals surface area contributed by atoms with Crippen molar-refractivity contribution in [2.24, 2.45) is 10.9 Å². The molecule has 0 bridgehead atoms. The minimum atomic E-state index is -0.344. The summed E-state index contributed by atoms with van der Waals surface area (Å²) >= 11 is 0. The minimum Gasteiger partial charge on any atom is -0.490 e. The number of hydrogen-bond donors (Lipinski definition) is 3. The zero-order valence-corrected chi connectivity index (χ0v) is 21.1. The van der Waals surface area contributed by atoms with Crippen molar-refractivity contribution in [1.29, 1.82) is 0 Å². The van der Waals surface area contributed by atoms with Crippen LogP contribution in [-0.4, -0.2) is 25.0 Å². The SMILES string of the molecule is CCNC(=NCc1cccc(NC(C)=O)c1)NC(C)c1ccc(OCC2CC2)c(F)c1.I. The topological polar surface area (TPSA) is 74.8 Å². The Labute approximate surface area is 206 Å². The van der Waals surface area contributed by atoms with E-state index in [9.17, 15) is 9.18 Å². The van der Waals surface area contributed by atoms with E-state index >= 15 is 0 Å². The number of ether oxygens (including phenoxy) is 1. The Morgan fingerprint density at radius 1 is 1.25 bits per heavy atom. The summed E-state index contributed by atoms with van der Waals surface area (Å²) in [5, 5.41) is 9.31. The van der Waals surface area contributed by atoms with E-state index in [0.717, 1.165) is 16.8 Å². The molecule has 1 amide bonds. The van der Waals surface area contributed by atoms with Gasteiger partial charge in [0.1, 0.15) is 0 Å². The van der Waals surface area contributed by atoms with Crippen LogP contribution in [0, 0.1) is 11.7 Å². The maximum atomic E-state index is 14.4. The third-order valence-corrected chi connectivity index (χ3v) is 4.99. The third-order valence-electron chi connectivity index (χ3n) is 4.99. The number of hydrogen-bond acceptors (Lipinski definition) is 3. The van der Waals surface area contributed by atoms with E-state index in [2.05, 4.69) is 20.9 Å². The van der Waals surface area contributed by atoms with Crippen LogP contribution in [-0.2, 0) is 11.3 Å². The fourth-order valence-electron chi connectivity index (χ4n) is 3.13. The Morgan fingerprint density at radius 3 is 2.69 bits per heavy atom. The predicted octanol–water partition coefficient (Wildman–Crippen LogP) is 5.01. The summed E-state index contributed by atoms with van der Waals surface area (Å²) in [5.41, 5.74) is 2.53. The first-order valence-corrected chi connectivity index (χ1v) is 10.8. The second kappa shape index (κ2) is 12.6. The molecule has 2 aromatic rings. The summed E-state index contributed by atoms with van der Waals surface area (Å²) in [5.74, 6) is 1.07. The first-order valence-electron chi connectivity index (χ1n) is 10.8. The lowest BCUT2D eigenvalue weighted by molar-refractivity contribution is -0.114. The zero-order valence-electron chi connectivity index (χ0n) is 18.8. The van der Waals surface area contributed by atoms with Gasteiger partial charge in [-0.2, -0.15) is 0 Å². The molecule has 6 nitrogen and oxygen atoms in total. The average Bonchev–Trinajstić information content (AvgIpc) is 3.55. The molecule has 0 radical (unpaired) electrons. The molecule has 2 aromatic carbocycles. The summed E-state index contributed by atoms with van der Waals surface area (Å²) < 4.78 is 20.0. The highest BCUT2D eigenvalue weighted by Crippen LogP contribution is 2.30. The van der Waals surface area contributed by atoms with E-state index in [0.29, 0.717) is 37.3 Å². The van der Waals surface area contributed by atoms with Crippen LogP contribution >= 0.6 is 24.0 Å². The van der Waals surface area contributed by atoms with E-state index in [1.165, 1.54) is 25.8 Å². The van der Waals surface area contributed by atoms with Gasteiger partial charge in [-0.3, -0.25) is 4.79 Å². The normalized spacial score (nSPS) is 14.2. The van der Waals surface area contributed by atoms with Crippen molar-refractivity contribution in [3.8, 4) is 5.75 Å². The molecule has 0 heterocycles. The van der Waals surface area contributed by atoms with Gasteiger partial charge in [0.05, 0.1) is 19.2 Å². The smallest absolute Gasteiger partial charge is 0.221 e. The van der Waals surface area contributed by atoms with E-state index in [1.54, 1.807) is 6.07 Å². The Bertz CT molecular complexity index is 934. The van der Waals surface area contributed by atoms with Crippen LogP contribution < -0.4 is 20.7 Å². The van der Waals surface area contributed by atoms with Crippen LogP contribution in [0.15, 0.2) is 47.5 Å². The zero-order chi connectivity index (χ0) is 22.2. The molecule has 32 heavy (non-hydrogen) atoms. The average molecular weight is 554 g/mol. The van der Waals surface area contributed by atoms with E-state index < -0.39 is 0 Å². The number of benzene rings is 2. The standard InChI is InChI=1S/C24H31FN4O2.HI/c1-4-26-24(27-14-19-6-5-7-21(12-19)29-17(3)30)28-16(2)20-10-11-23(22(25)13-20)31-15-18-8-9-18;/h5-7,10-13,16,18H,4,8-9,14-15H2,1-3H3,(H,29,30)(H2,26,27,28);1H. The van der Waals surface area contributed by atoms with Crippen molar-refractivity contribution >= 4 is 41.5 Å². The van der Waals surface area contributed by atoms with Gasteiger partial charge in [-0.15, -0.1) is 24.0 Å². The molecular weight excluding hydrogens is 522 g/mol. The van der Waals surface area contributed by atoms with Crippen molar-refractivity contribution < 1.29 is 13.9 Å². The monoisotopic (exact) mass is 554 g/mol. The lowest BCUT2D eigenvalue weighted by Crippen LogP contribution is -2.38. The number of anilines is 1. The largest absolute Gasteiger partial charge is 0.490 e. The molecule has 8 heteroatoms. The maximum absolute atomic E-state index is 14.4. The molecule has 174 valence electrons. The number of nitrogens with zero attached hydrogens (tertiary/aromatic N) is 1. The van der Waals surface area contributed by atoms with E-state index in [4.69, 9.17) is 4.74 Å². The molecule has 0 saturated heterocycles. The van der Waals surface area contributed by atoms with Gasteiger partial charge >= 0.3 is 0 Å². The lowest BCUT2D eigenvalue weighted by Gasteiger charge is -2.19. The third kappa shape index (κ3) is 8.29. The predicted molar refractivity (Wildman–Crippen MR) is 137 cm³/mol. The van der Waals surface area contributed by atoms with E-state index in [1.807, 2.05) is 44.2 Å². The highest BCUT2D eigenvalue weighted by molar-refractivity contribution is 14.0. The Kier molecular flexibility index (Phi) is 10.2. The van der Waals surface area contributed by atoms with Crippen molar-refractivity contribution in [2.75, 3.05) is 18.5 Å². The van der Waals surface area contributed by atoms with Crippen molar-refractivity contribution in [3.05, 3.63) is 59.4 Å². The second-order valence-electron chi connectivity index (χ2n) is 7.89. The number of carbonyl (C=O) groups excluding carboxylic acids is 1. The summed E-state index contributed by atoms with van der Waals surface area (Å²) in [6.45, 7) is 7.16. The highest BCUT2D eigenvalue weighted by Gasteiger charge is 2.22. The van der Waals surface area contributed by atoms with Crippen LogP contribution in [0.25, 0.3) is 0 Å². The van der Waals surface area contributed by atoms with Gasteiger partial charge < -0.3 is 20.7 Å². The minimum absolute atomic E-state index is 0. The first-order chi connectivity index (χ1) is 14.9. The molecule has 0 aliphatic heterocycles. The molecule has 1 aliphatic carbocycles. The molecule has 1 fully saturated rings. The molecule has 0 spiro atoms. The molecule has 3 rings (SSSR count). The molecule has 3 N–H and O–H groups in total. The van der Waals surface area contributed by atoms with Gasteiger partial charge in [-0.1, -0.05) is 18.2 Å². The molecular formula is C24H32FIN4O2. The lowest BCUT2D eigenvalue weighted by atomic mass is 10.1. The molecule has 1 atom stereocenters. The van der Waals surface area contributed by atoms with Crippen LogP contribution in [0.5, 0.6) is 5.75 Å². The van der Waals surface area contributed by atoms with E-state index in [-0.39, 0.29) is 41.7 Å². The van der Waals surface area contributed by atoms with Gasteiger partial charge in [0, 0.05) is 19.2 Å². The number of guanidine groups is 1. The van der Waals surface area contributed by atoms with Crippen molar-refractivity contribution in [2.45, 2.75) is 46.2 Å². The molecule has 1 saturated carbocycles. The van der Waals surface area contributed by atoms with Gasteiger partial charge in [-0.25, -0.2) is 9.38 Å². The number of amides is 1. The number of carbonyl (C=O) groups is 1. The molecule has 1 aliphatic rings. The summed E-state index contributed by atoms with van der Waals surface area (Å²) in [6.07, 6.45) is 2.34. The molecule has 1 unspecified atom stereocenters. The highest BCUT2D eigenvalue weighted by atomic mass is 127. The Morgan fingerprint density at radius 2 is 2.03 bits per heavy atom. The first kappa shape index (κ1) is 25.9. The molecule has 0 aromatic heterocycles. The second-order valence-corrected chi connectivity index (χ2v) is 7.89.